The summed E-state index contributed by atoms with van der Waals surface area (Å²) >= 11 is 0. The highest BCUT2D eigenvalue weighted by Crippen LogP contribution is 2.37. The predicted molar refractivity (Wildman–Crippen MR) is 307 cm³/mol. The zero-order valence-corrected chi connectivity index (χ0v) is 47.6. The molecule has 430 valence electrons. The van der Waals surface area contributed by atoms with Crippen molar-refractivity contribution in [2.75, 3.05) is 104 Å². The van der Waals surface area contributed by atoms with Crippen LogP contribution in [0.1, 0.15) is 145 Å². The third kappa shape index (κ3) is 21.1. The summed E-state index contributed by atoms with van der Waals surface area (Å²) in [5, 5.41) is 9.78. The Balaban J connectivity index is 0.00000365. The van der Waals surface area contributed by atoms with E-state index in [1.165, 1.54) is 81.2 Å². The molecular formula is C60H91N9O9. The minimum atomic E-state index is -1.14. The zero-order chi connectivity index (χ0) is 55.7. The van der Waals surface area contributed by atoms with Crippen LogP contribution in [0.15, 0.2) is 54.9 Å². The van der Waals surface area contributed by atoms with Crippen LogP contribution >= 0.6 is 0 Å². The number of aldehydes is 1. The van der Waals surface area contributed by atoms with E-state index >= 15 is 0 Å². The first-order valence-electron chi connectivity index (χ1n) is 29.0. The molecule has 6 rings (SSSR count). The standard InChI is InChI=1S/C57H83N9O9.C3H8/c1-4-5-25-60-57-61-38-49-50(40-65(55(49)62-57)47-16-9-8-10-17-47)46-21-19-45(20-22-46)39-64-30-28-63(29-31-64)27-11-6-7-12-32-72-34-36-74-37-35-73-33-14-26-59-53(70)42-75-51-18-13-15-44(2)54(51)56(71)66(43-68)48(41-67)23-24-52(69)58-3;1-3-2/h13,15,18-22,38,40-41,43,47-48H,4-12,14,16-17,23-37,39,42H2,1-3H3,(H,58,69)(H,59,70)(H,60,61,62);3H2,1-2H3. The van der Waals surface area contributed by atoms with Crippen LogP contribution < -0.4 is 20.7 Å². The summed E-state index contributed by atoms with van der Waals surface area (Å²) in [5.74, 6) is -0.658. The number of aromatic nitrogens is 3. The molecule has 18 heteroatoms. The largest absolute Gasteiger partial charge is 0.483 e. The number of amides is 4. The van der Waals surface area contributed by atoms with Crippen LogP contribution in [0.5, 0.6) is 5.75 Å². The van der Waals surface area contributed by atoms with Crippen molar-refractivity contribution < 1.29 is 42.9 Å². The minimum absolute atomic E-state index is 0.0315. The highest BCUT2D eigenvalue weighted by molar-refractivity contribution is 6.04. The molecule has 3 N–H and O–H groups in total. The molecule has 0 radical (unpaired) electrons. The summed E-state index contributed by atoms with van der Waals surface area (Å²) in [6.45, 7) is 18.7. The van der Waals surface area contributed by atoms with Gasteiger partial charge in [-0.25, -0.2) is 4.98 Å². The van der Waals surface area contributed by atoms with Gasteiger partial charge in [0.05, 0.1) is 38.0 Å². The van der Waals surface area contributed by atoms with E-state index in [1.54, 1.807) is 19.1 Å². The van der Waals surface area contributed by atoms with Gasteiger partial charge in [-0.15, -0.1) is 0 Å². The van der Waals surface area contributed by atoms with E-state index in [9.17, 15) is 24.0 Å². The second-order valence-electron chi connectivity index (χ2n) is 20.4. The van der Waals surface area contributed by atoms with Crippen LogP contribution in [0.25, 0.3) is 22.2 Å². The number of piperazine rings is 1. The molecule has 1 atom stereocenters. The topological polar surface area (TPSA) is 199 Å². The quantitative estimate of drug-likeness (QED) is 0.0293. The van der Waals surface area contributed by atoms with Gasteiger partial charge in [-0.2, -0.15) is 4.98 Å². The van der Waals surface area contributed by atoms with Crippen LogP contribution in [0.4, 0.5) is 5.95 Å². The van der Waals surface area contributed by atoms with Gasteiger partial charge < -0.3 is 49.2 Å². The first-order chi connectivity index (χ1) is 38.1. The smallest absolute Gasteiger partial charge is 0.264 e. The van der Waals surface area contributed by atoms with E-state index in [0.717, 1.165) is 100.0 Å². The highest BCUT2D eigenvalue weighted by Gasteiger charge is 2.29. The molecule has 4 amide bonds. The fraction of sp³-hybridized carbons (Fsp3) is 0.617. The van der Waals surface area contributed by atoms with Crippen LogP contribution in [-0.2, 0) is 39.9 Å². The molecule has 1 aliphatic carbocycles. The molecule has 2 aromatic heterocycles. The average molecular weight is 1080 g/mol. The lowest BCUT2D eigenvalue weighted by molar-refractivity contribution is -0.125. The third-order valence-electron chi connectivity index (χ3n) is 14.1. The summed E-state index contributed by atoms with van der Waals surface area (Å²) in [4.78, 5) is 76.9. The van der Waals surface area contributed by atoms with E-state index in [1.807, 2.05) is 6.20 Å². The summed E-state index contributed by atoms with van der Waals surface area (Å²) < 4.78 is 25.2. The number of imide groups is 1. The normalized spacial score (nSPS) is 14.5. The number of hydrogen-bond donors (Lipinski definition) is 3. The maximum Gasteiger partial charge on any atom is 0.264 e. The maximum atomic E-state index is 13.4. The van der Waals surface area contributed by atoms with Crippen LogP contribution in [0, 0.1) is 6.92 Å². The van der Waals surface area contributed by atoms with Crippen LogP contribution in [0.3, 0.4) is 0 Å². The first-order valence-corrected chi connectivity index (χ1v) is 29.0. The number of aryl methyl sites for hydroxylation is 1. The molecule has 1 aliphatic heterocycles. The van der Waals surface area contributed by atoms with Crippen molar-refractivity contribution >= 4 is 47.4 Å². The van der Waals surface area contributed by atoms with Crippen molar-refractivity contribution in [1.82, 2.24) is 39.9 Å². The van der Waals surface area contributed by atoms with E-state index in [0.29, 0.717) is 63.9 Å². The summed E-state index contributed by atoms with van der Waals surface area (Å²) in [6.07, 6.45) is 20.0. The van der Waals surface area contributed by atoms with Crippen molar-refractivity contribution in [1.29, 1.82) is 0 Å². The first kappa shape index (κ1) is 63.0. The Morgan fingerprint density at radius 3 is 2.15 bits per heavy atom. The Hall–Kier alpha value is -5.79. The van der Waals surface area contributed by atoms with Gasteiger partial charge in [0.2, 0.25) is 18.3 Å². The number of carbonyl (C=O) groups is 5. The molecule has 0 spiro atoms. The third-order valence-corrected chi connectivity index (χ3v) is 14.1. The lowest BCUT2D eigenvalue weighted by Crippen LogP contribution is -2.46. The van der Waals surface area contributed by atoms with Gasteiger partial charge in [0.1, 0.15) is 17.7 Å². The van der Waals surface area contributed by atoms with Crippen molar-refractivity contribution in [2.45, 2.75) is 143 Å². The van der Waals surface area contributed by atoms with Gasteiger partial charge in [0, 0.05) is 102 Å². The second kappa shape index (κ2) is 36.4. The molecule has 0 bridgehead atoms. The highest BCUT2D eigenvalue weighted by atomic mass is 16.5. The molecular weight excluding hydrogens is 991 g/mol. The molecule has 2 aliphatic rings. The Labute approximate surface area is 464 Å². The van der Waals surface area contributed by atoms with Gasteiger partial charge in [0.25, 0.3) is 11.8 Å². The van der Waals surface area contributed by atoms with Crippen molar-refractivity contribution in [2.24, 2.45) is 0 Å². The summed E-state index contributed by atoms with van der Waals surface area (Å²) in [5.41, 5.74) is 5.41. The van der Waals surface area contributed by atoms with Gasteiger partial charge >= 0.3 is 0 Å². The number of fused-ring (bicyclic) bond motifs is 1. The molecule has 3 heterocycles. The van der Waals surface area contributed by atoms with Gasteiger partial charge in [-0.3, -0.25) is 29.0 Å². The van der Waals surface area contributed by atoms with Gasteiger partial charge in [-0.05, 0) is 81.2 Å². The lowest BCUT2D eigenvalue weighted by Gasteiger charge is -2.34. The monoisotopic (exact) mass is 1080 g/mol. The Morgan fingerprint density at radius 2 is 1.47 bits per heavy atom. The van der Waals surface area contributed by atoms with Crippen molar-refractivity contribution in [3.8, 4) is 16.9 Å². The number of benzene rings is 2. The fourth-order valence-corrected chi connectivity index (χ4v) is 9.73. The van der Waals surface area contributed by atoms with E-state index in [2.05, 4.69) is 81.6 Å². The fourth-order valence-electron chi connectivity index (χ4n) is 9.73. The van der Waals surface area contributed by atoms with Crippen molar-refractivity contribution in [3.63, 3.8) is 0 Å². The average Bonchev–Trinajstić information content (AvgIpc) is 3.91. The molecule has 1 saturated carbocycles. The van der Waals surface area contributed by atoms with Gasteiger partial charge in [0.15, 0.2) is 6.61 Å². The van der Waals surface area contributed by atoms with Crippen molar-refractivity contribution in [3.05, 3.63) is 71.5 Å². The number of nitrogens with one attached hydrogen (secondary N) is 3. The lowest BCUT2D eigenvalue weighted by atomic mass is 9.95. The van der Waals surface area contributed by atoms with E-state index in [-0.39, 0.29) is 43.1 Å². The molecule has 4 aromatic rings. The number of hydrogen-bond acceptors (Lipinski definition) is 14. The zero-order valence-electron chi connectivity index (χ0n) is 47.6. The number of nitrogens with zero attached hydrogens (tertiary/aromatic N) is 6. The van der Waals surface area contributed by atoms with Crippen LogP contribution in [-0.4, -0.2) is 165 Å². The predicted octanol–water partition coefficient (Wildman–Crippen LogP) is 8.55. The number of rotatable bonds is 35. The van der Waals surface area contributed by atoms with E-state index in [4.69, 9.17) is 28.9 Å². The molecule has 1 saturated heterocycles. The minimum Gasteiger partial charge on any atom is -0.483 e. The van der Waals surface area contributed by atoms with E-state index < -0.39 is 17.9 Å². The number of carbonyl (C=O) groups excluding carboxylic acids is 5. The van der Waals surface area contributed by atoms with Crippen LogP contribution in [0.2, 0.25) is 0 Å². The SMILES string of the molecule is CCC.CCCCNc1ncc2c(-c3ccc(CN4CCN(CCCCCCOCCOCCOCCCNC(=O)COc5cccc(C)c5C(=O)N(C=O)C(C=O)CCC(=O)NC)CC4)cc3)cn(C3CCCCC3)c2n1. The Morgan fingerprint density at radius 1 is 0.795 bits per heavy atom. The Bertz CT molecular complexity index is 2390. The summed E-state index contributed by atoms with van der Waals surface area (Å²) in [7, 11) is 1.46. The van der Waals surface area contributed by atoms with Gasteiger partial charge in [-0.1, -0.05) is 102 Å². The maximum absolute atomic E-state index is 13.4. The number of anilines is 1. The molecule has 18 nitrogen and oxygen atoms in total. The molecule has 78 heavy (non-hydrogen) atoms. The summed E-state index contributed by atoms with van der Waals surface area (Å²) in [6, 6.07) is 13.4. The molecule has 1 unspecified atom stereocenters. The molecule has 2 fully saturated rings. The second-order valence-corrected chi connectivity index (χ2v) is 20.4. The number of ether oxygens (including phenoxy) is 4. The Kier molecular flexibility index (Phi) is 29.4. The molecule has 2 aromatic carbocycles. The number of unbranched alkanes of at least 4 members (excludes halogenated alkanes) is 4.